The van der Waals surface area contributed by atoms with Crippen molar-refractivity contribution < 1.29 is 32.5 Å². The van der Waals surface area contributed by atoms with Crippen molar-refractivity contribution in [2.75, 3.05) is 7.11 Å². The standard InChI is InChI=1S/C25H20F3NO4/c1-32-20-12-29-13-21-22(20)23(31)18(14-30)11-19(15-5-3-2-4-6-15)24(23,33-21)16-7-9-17(10-8-16)25(26,27)28/h2-10,12-14,18-19,31H,11H2,1H3. The van der Waals surface area contributed by atoms with E-state index in [1.165, 1.54) is 31.6 Å². The number of aliphatic hydroxyl groups is 1. The highest BCUT2D eigenvalue weighted by Crippen LogP contribution is 2.69. The van der Waals surface area contributed by atoms with Crippen molar-refractivity contribution in [2.24, 2.45) is 5.92 Å². The number of aldehydes is 1. The number of alkyl halides is 3. The van der Waals surface area contributed by atoms with Crippen LogP contribution in [0.25, 0.3) is 0 Å². The molecule has 8 heteroatoms. The van der Waals surface area contributed by atoms with Crippen LogP contribution in [0.3, 0.4) is 0 Å². The van der Waals surface area contributed by atoms with Crippen LogP contribution in [0.4, 0.5) is 13.2 Å². The average molecular weight is 455 g/mol. The molecule has 1 fully saturated rings. The van der Waals surface area contributed by atoms with Crippen molar-refractivity contribution >= 4 is 6.29 Å². The van der Waals surface area contributed by atoms with Gasteiger partial charge in [-0.15, -0.1) is 0 Å². The summed E-state index contributed by atoms with van der Waals surface area (Å²) < 4.78 is 51.7. The fourth-order valence-corrected chi connectivity index (χ4v) is 5.45. The lowest BCUT2D eigenvalue weighted by molar-refractivity contribution is -0.141. The number of fused-ring (bicyclic) bond motifs is 3. The van der Waals surface area contributed by atoms with E-state index in [1.807, 2.05) is 30.3 Å². The number of hydrogen-bond donors (Lipinski definition) is 1. The van der Waals surface area contributed by atoms with Gasteiger partial charge in [-0.1, -0.05) is 42.5 Å². The summed E-state index contributed by atoms with van der Waals surface area (Å²) in [4.78, 5) is 16.4. The third kappa shape index (κ3) is 2.83. The molecule has 4 atom stereocenters. The molecule has 1 N–H and O–H groups in total. The fraction of sp³-hybridized carbons (Fsp3) is 0.280. The number of hydrogen-bond acceptors (Lipinski definition) is 5. The molecule has 1 aromatic heterocycles. The van der Waals surface area contributed by atoms with Gasteiger partial charge in [0, 0.05) is 5.92 Å². The number of ether oxygens (including phenoxy) is 2. The first-order valence-corrected chi connectivity index (χ1v) is 10.4. The molecule has 0 radical (unpaired) electrons. The molecule has 0 spiro atoms. The molecule has 4 unspecified atom stereocenters. The molecule has 1 aliphatic heterocycles. The van der Waals surface area contributed by atoms with E-state index in [0.717, 1.165) is 17.7 Å². The largest absolute Gasteiger partial charge is 0.495 e. The number of benzene rings is 2. The van der Waals surface area contributed by atoms with Crippen molar-refractivity contribution in [1.29, 1.82) is 0 Å². The molecule has 170 valence electrons. The zero-order chi connectivity index (χ0) is 23.4. The van der Waals surface area contributed by atoms with Crippen LogP contribution in [0.1, 0.15) is 34.6 Å². The average Bonchev–Trinajstić information content (AvgIpc) is 3.24. The van der Waals surface area contributed by atoms with Gasteiger partial charge >= 0.3 is 6.18 Å². The summed E-state index contributed by atoms with van der Waals surface area (Å²) in [7, 11) is 1.42. The molecule has 2 aromatic carbocycles. The Balaban J connectivity index is 1.80. The van der Waals surface area contributed by atoms with E-state index >= 15 is 0 Å². The maximum absolute atomic E-state index is 13.3. The van der Waals surface area contributed by atoms with Crippen molar-refractivity contribution in [3.63, 3.8) is 0 Å². The lowest BCUT2D eigenvalue weighted by Crippen LogP contribution is -2.50. The van der Waals surface area contributed by atoms with Crippen molar-refractivity contribution in [2.45, 2.75) is 29.7 Å². The van der Waals surface area contributed by atoms with Crippen LogP contribution >= 0.6 is 0 Å². The summed E-state index contributed by atoms with van der Waals surface area (Å²) >= 11 is 0. The van der Waals surface area contributed by atoms with Gasteiger partial charge in [0.15, 0.2) is 11.2 Å². The molecule has 2 aliphatic rings. The second kappa shape index (κ2) is 7.31. The molecule has 2 heterocycles. The molecule has 1 saturated carbocycles. The first-order chi connectivity index (χ1) is 15.8. The summed E-state index contributed by atoms with van der Waals surface area (Å²) in [6, 6.07) is 13.7. The maximum atomic E-state index is 13.3. The van der Waals surface area contributed by atoms with E-state index in [0.29, 0.717) is 11.8 Å². The number of rotatable bonds is 4. The highest BCUT2D eigenvalue weighted by molar-refractivity contribution is 5.67. The number of pyridine rings is 1. The highest BCUT2D eigenvalue weighted by Gasteiger charge is 2.73. The van der Waals surface area contributed by atoms with Crippen LogP contribution in [0.15, 0.2) is 67.0 Å². The maximum Gasteiger partial charge on any atom is 0.416 e. The second-order valence-corrected chi connectivity index (χ2v) is 8.34. The Bertz CT molecular complexity index is 1200. The Morgan fingerprint density at radius 2 is 1.82 bits per heavy atom. The van der Waals surface area contributed by atoms with Crippen molar-refractivity contribution in [3.05, 3.63) is 89.2 Å². The Kier molecular flexibility index (Phi) is 4.75. The van der Waals surface area contributed by atoms with Gasteiger partial charge in [0.05, 0.1) is 36.5 Å². The number of aromatic nitrogens is 1. The second-order valence-electron chi connectivity index (χ2n) is 8.34. The summed E-state index contributed by atoms with van der Waals surface area (Å²) in [6.45, 7) is 0. The molecular formula is C25H20F3NO4. The fourth-order valence-electron chi connectivity index (χ4n) is 5.45. The third-order valence-corrected chi connectivity index (χ3v) is 6.84. The molecule has 33 heavy (non-hydrogen) atoms. The van der Waals surface area contributed by atoms with Gasteiger partial charge in [0.2, 0.25) is 0 Å². The molecule has 0 amide bonds. The molecular weight excluding hydrogens is 435 g/mol. The van der Waals surface area contributed by atoms with Crippen molar-refractivity contribution in [3.8, 4) is 11.5 Å². The topological polar surface area (TPSA) is 68.7 Å². The minimum Gasteiger partial charge on any atom is -0.495 e. The zero-order valence-electron chi connectivity index (χ0n) is 17.5. The van der Waals surface area contributed by atoms with Crippen molar-refractivity contribution in [1.82, 2.24) is 4.98 Å². The number of carbonyl (C=O) groups excluding carboxylic acids is 1. The summed E-state index contributed by atoms with van der Waals surface area (Å²) in [6.07, 6.45) is -0.764. The van der Waals surface area contributed by atoms with E-state index < -0.39 is 34.8 Å². The van der Waals surface area contributed by atoms with Gasteiger partial charge in [0.25, 0.3) is 0 Å². The van der Waals surface area contributed by atoms with Gasteiger partial charge in [-0.25, -0.2) is 0 Å². The number of methoxy groups -OCH3 is 1. The van der Waals surface area contributed by atoms with E-state index in [9.17, 15) is 23.1 Å². The van der Waals surface area contributed by atoms with E-state index in [-0.39, 0.29) is 23.5 Å². The molecule has 1 aliphatic carbocycles. The predicted octanol–water partition coefficient (Wildman–Crippen LogP) is 4.59. The lowest BCUT2D eigenvalue weighted by atomic mass is 9.70. The van der Waals surface area contributed by atoms with Gasteiger partial charge in [-0.05, 0) is 29.7 Å². The summed E-state index contributed by atoms with van der Waals surface area (Å²) in [5.41, 5.74) is -2.88. The van der Waals surface area contributed by atoms with Crippen LogP contribution in [-0.2, 0) is 22.2 Å². The van der Waals surface area contributed by atoms with Gasteiger partial charge in [-0.3, -0.25) is 4.98 Å². The first-order valence-electron chi connectivity index (χ1n) is 10.4. The molecule has 0 saturated heterocycles. The van der Waals surface area contributed by atoms with Crippen LogP contribution < -0.4 is 9.47 Å². The minimum absolute atomic E-state index is 0.226. The Morgan fingerprint density at radius 1 is 1.12 bits per heavy atom. The molecule has 3 aromatic rings. The smallest absolute Gasteiger partial charge is 0.416 e. The number of nitrogens with zero attached hydrogens (tertiary/aromatic N) is 1. The monoisotopic (exact) mass is 455 g/mol. The SMILES string of the molecule is COc1cncc2c1C1(O)C(C=O)CC(c3ccccc3)C1(c1ccc(C(F)(F)F)cc1)O2. The first kappa shape index (κ1) is 21.5. The zero-order valence-corrected chi connectivity index (χ0v) is 17.5. The van der Waals surface area contributed by atoms with Crippen LogP contribution in [0, 0.1) is 5.92 Å². The number of carbonyl (C=O) groups is 1. The molecule has 5 rings (SSSR count). The van der Waals surface area contributed by atoms with Gasteiger partial charge in [-0.2, -0.15) is 13.2 Å². The predicted molar refractivity (Wildman–Crippen MR) is 112 cm³/mol. The summed E-state index contributed by atoms with van der Waals surface area (Å²) in [5, 5.41) is 12.3. The van der Waals surface area contributed by atoms with Crippen LogP contribution in [0.5, 0.6) is 11.5 Å². The van der Waals surface area contributed by atoms with Gasteiger partial charge in [0.1, 0.15) is 17.8 Å². The normalized spacial score (nSPS) is 28.0. The van der Waals surface area contributed by atoms with E-state index in [2.05, 4.69) is 4.98 Å². The Morgan fingerprint density at radius 3 is 2.42 bits per heavy atom. The Labute approximate surface area is 187 Å². The van der Waals surface area contributed by atoms with Gasteiger partial charge < -0.3 is 19.4 Å². The third-order valence-electron chi connectivity index (χ3n) is 6.84. The highest BCUT2D eigenvalue weighted by atomic mass is 19.4. The minimum atomic E-state index is -4.51. The molecule has 0 bridgehead atoms. The number of halogens is 3. The molecule has 5 nitrogen and oxygen atoms in total. The quantitative estimate of drug-likeness (QED) is 0.583. The van der Waals surface area contributed by atoms with Crippen LogP contribution in [0.2, 0.25) is 0 Å². The van der Waals surface area contributed by atoms with E-state index in [4.69, 9.17) is 9.47 Å². The lowest BCUT2D eigenvalue weighted by Gasteiger charge is -2.41. The Hall–Kier alpha value is -3.39. The van der Waals surface area contributed by atoms with E-state index in [1.54, 1.807) is 0 Å². The summed E-state index contributed by atoms with van der Waals surface area (Å²) in [5.74, 6) is -0.969. The van der Waals surface area contributed by atoms with Crippen LogP contribution in [-0.4, -0.2) is 23.5 Å².